The molecule has 1 heterocycles. The molecule has 1 aliphatic rings. The zero-order chi connectivity index (χ0) is 13.0. The highest BCUT2D eigenvalue weighted by molar-refractivity contribution is 5.48. The van der Waals surface area contributed by atoms with E-state index in [0.29, 0.717) is 18.3 Å². The Hall–Kier alpha value is -1.56. The third kappa shape index (κ3) is 2.64. The van der Waals surface area contributed by atoms with E-state index in [0.717, 1.165) is 0 Å². The molecule has 100 valence electrons. The summed E-state index contributed by atoms with van der Waals surface area (Å²) in [4.78, 5) is 18.2. The Bertz CT molecular complexity index is 440. The predicted molar refractivity (Wildman–Crippen MR) is 69.8 cm³/mol. The van der Waals surface area contributed by atoms with Crippen molar-refractivity contribution < 1.29 is 4.74 Å². The molecule has 2 rings (SSSR count). The van der Waals surface area contributed by atoms with Gasteiger partial charge in [-0.2, -0.15) is 0 Å². The van der Waals surface area contributed by atoms with Crippen LogP contribution in [0.5, 0.6) is 5.75 Å². The van der Waals surface area contributed by atoms with Gasteiger partial charge in [-0.05, 0) is 18.8 Å². The van der Waals surface area contributed by atoms with Crippen molar-refractivity contribution in [3.8, 4) is 5.75 Å². The highest BCUT2D eigenvalue weighted by atomic mass is 16.5. The number of nitrogens with two attached hydrogens (primary N) is 1. The van der Waals surface area contributed by atoms with E-state index in [1.54, 1.807) is 0 Å². The molecule has 0 aliphatic heterocycles. The highest BCUT2D eigenvalue weighted by Gasteiger charge is 2.25. The molecule has 1 aromatic rings. The minimum atomic E-state index is -0.280. The number of hydrogen-bond acceptors (Lipinski definition) is 5. The van der Waals surface area contributed by atoms with E-state index >= 15 is 0 Å². The van der Waals surface area contributed by atoms with Gasteiger partial charge >= 0.3 is 0 Å². The van der Waals surface area contributed by atoms with Gasteiger partial charge in [0.25, 0.3) is 5.56 Å². The van der Waals surface area contributed by atoms with Crippen LogP contribution >= 0.6 is 0 Å². The Morgan fingerprint density at radius 2 is 2.33 bits per heavy atom. The van der Waals surface area contributed by atoms with E-state index in [-0.39, 0.29) is 17.4 Å². The van der Waals surface area contributed by atoms with Crippen LogP contribution in [-0.4, -0.2) is 29.7 Å². The van der Waals surface area contributed by atoms with E-state index in [4.69, 9.17) is 10.5 Å². The molecular weight excluding hydrogens is 232 g/mol. The van der Waals surface area contributed by atoms with Crippen molar-refractivity contribution in [1.82, 2.24) is 9.97 Å². The summed E-state index contributed by atoms with van der Waals surface area (Å²) in [5.41, 5.74) is 5.53. The lowest BCUT2D eigenvalue weighted by Crippen LogP contribution is -2.36. The Balaban J connectivity index is 2.16. The summed E-state index contributed by atoms with van der Waals surface area (Å²) >= 11 is 0. The van der Waals surface area contributed by atoms with Crippen molar-refractivity contribution in [3.63, 3.8) is 0 Å². The largest absolute Gasteiger partial charge is 0.489 e. The van der Waals surface area contributed by atoms with Gasteiger partial charge < -0.3 is 20.8 Å². The monoisotopic (exact) mass is 252 g/mol. The minimum absolute atomic E-state index is 0.149. The molecule has 6 nitrogen and oxygen atoms in total. The fourth-order valence-corrected chi connectivity index (χ4v) is 2.58. The standard InChI is InChI=1S/C12H20N4O2/c1-18-10-11(14-7-15-12(10)17)16-9(6-13)8-4-2-3-5-8/h7-9H,2-6,13H2,1H3,(H2,14,15,16,17). The molecule has 0 aromatic carbocycles. The van der Waals surface area contributed by atoms with Gasteiger partial charge in [0.05, 0.1) is 13.4 Å². The van der Waals surface area contributed by atoms with Crippen LogP contribution in [0.1, 0.15) is 25.7 Å². The summed E-state index contributed by atoms with van der Waals surface area (Å²) in [5, 5.41) is 3.25. The van der Waals surface area contributed by atoms with Crippen molar-refractivity contribution in [1.29, 1.82) is 0 Å². The lowest BCUT2D eigenvalue weighted by atomic mass is 9.98. The molecule has 1 saturated carbocycles. The van der Waals surface area contributed by atoms with Gasteiger partial charge in [-0.3, -0.25) is 4.79 Å². The fourth-order valence-electron chi connectivity index (χ4n) is 2.58. The number of aromatic amines is 1. The second kappa shape index (κ2) is 5.86. The molecule has 0 bridgehead atoms. The molecule has 1 aliphatic carbocycles. The lowest BCUT2D eigenvalue weighted by Gasteiger charge is -2.24. The molecule has 4 N–H and O–H groups in total. The summed E-state index contributed by atoms with van der Waals surface area (Å²) in [7, 11) is 1.46. The van der Waals surface area contributed by atoms with Gasteiger partial charge in [-0.25, -0.2) is 4.98 Å². The SMILES string of the molecule is COc1c(NC(CN)C2CCCC2)nc[nH]c1=O. The summed E-state index contributed by atoms with van der Waals surface area (Å²) in [6.45, 7) is 0.530. The van der Waals surface area contributed by atoms with E-state index in [2.05, 4.69) is 15.3 Å². The molecule has 6 heteroatoms. The number of nitrogens with one attached hydrogen (secondary N) is 2. The fraction of sp³-hybridized carbons (Fsp3) is 0.667. The van der Waals surface area contributed by atoms with Gasteiger partial charge in [-0.15, -0.1) is 0 Å². The predicted octanol–water partition coefficient (Wildman–Crippen LogP) is 0.708. The third-order valence-electron chi connectivity index (χ3n) is 3.56. The molecule has 0 spiro atoms. The van der Waals surface area contributed by atoms with Crippen molar-refractivity contribution in [3.05, 3.63) is 16.7 Å². The number of nitrogens with zero attached hydrogens (tertiary/aromatic N) is 1. The average molecular weight is 252 g/mol. The first kappa shape index (κ1) is 12.9. The van der Waals surface area contributed by atoms with Crippen molar-refractivity contribution >= 4 is 5.82 Å². The van der Waals surface area contributed by atoms with Crippen LogP contribution in [0.25, 0.3) is 0 Å². The molecule has 0 radical (unpaired) electrons. The maximum Gasteiger partial charge on any atom is 0.295 e. The van der Waals surface area contributed by atoms with E-state index < -0.39 is 0 Å². The molecule has 1 atom stereocenters. The van der Waals surface area contributed by atoms with Gasteiger partial charge in [0.1, 0.15) is 0 Å². The molecular formula is C12H20N4O2. The number of ether oxygens (including phenoxy) is 1. The van der Waals surface area contributed by atoms with Crippen LogP contribution in [0.4, 0.5) is 5.82 Å². The summed E-state index contributed by atoms with van der Waals surface area (Å²) < 4.78 is 5.07. The second-order valence-electron chi connectivity index (χ2n) is 4.64. The molecule has 1 fully saturated rings. The zero-order valence-electron chi connectivity index (χ0n) is 10.6. The first-order valence-electron chi connectivity index (χ1n) is 6.34. The molecule has 18 heavy (non-hydrogen) atoms. The second-order valence-corrected chi connectivity index (χ2v) is 4.64. The maximum atomic E-state index is 11.6. The Morgan fingerprint density at radius 3 is 2.94 bits per heavy atom. The first-order valence-corrected chi connectivity index (χ1v) is 6.34. The smallest absolute Gasteiger partial charge is 0.295 e. The number of H-pyrrole nitrogens is 1. The minimum Gasteiger partial charge on any atom is -0.489 e. The summed E-state index contributed by atoms with van der Waals surface area (Å²) in [6.07, 6.45) is 6.24. The highest BCUT2D eigenvalue weighted by Crippen LogP contribution is 2.29. The number of rotatable bonds is 5. The molecule has 0 amide bonds. The van der Waals surface area contributed by atoms with Crippen LogP contribution in [0, 0.1) is 5.92 Å². The topological polar surface area (TPSA) is 93.0 Å². The van der Waals surface area contributed by atoms with E-state index in [1.807, 2.05) is 0 Å². The molecule has 1 aromatic heterocycles. The summed E-state index contributed by atoms with van der Waals surface area (Å²) in [6, 6.07) is 0.149. The number of methoxy groups -OCH3 is 1. The summed E-state index contributed by atoms with van der Waals surface area (Å²) in [5.74, 6) is 1.25. The molecule has 1 unspecified atom stereocenters. The zero-order valence-corrected chi connectivity index (χ0v) is 10.6. The van der Waals surface area contributed by atoms with Crippen LogP contribution in [0.2, 0.25) is 0 Å². The van der Waals surface area contributed by atoms with Crippen molar-refractivity contribution in [2.75, 3.05) is 19.0 Å². The van der Waals surface area contributed by atoms with Gasteiger partial charge in [0, 0.05) is 12.6 Å². The van der Waals surface area contributed by atoms with Gasteiger partial charge in [0.2, 0.25) is 5.75 Å². The Morgan fingerprint density at radius 1 is 1.61 bits per heavy atom. The lowest BCUT2D eigenvalue weighted by molar-refractivity contribution is 0.404. The quantitative estimate of drug-likeness (QED) is 0.717. The van der Waals surface area contributed by atoms with E-state index in [1.165, 1.54) is 39.1 Å². The number of anilines is 1. The van der Waals surface area contributed by atoms with Crippen LogP contribution < -0.4 is 21.3 Å². The number of aromatic nitrogens is 2. The maximum absolute atomic E-state index is 11.6. The average Bonchev–Trinajstić information content (AvgIpc) is 2.89. The van der Waals surface area contributed by atoms with Crippen LogP contribution in [0.3, 0.4) is 0 Å². The molecule has 0 saturated heterocycles. The van der Waals surface area contributed by atoms with E-state index in [9.17, 15) is 4.79 Å². The third-order valence-corrected chi connectivity index (χ3v) is 3.56. The van der Waals surface area contributed by atoms with Crippen LogP contribution in [0.15, 0.2) is 11.1 Å². The normalized spacial score (nSPS) is 17.7. The van der Waals surface area contributed by atoms with Gasteiger partial charge in [0.15, 0.2) is 5.82 Å². The Kier molecular flexibility index (Phi) is 4.19. The Labute approximate surface area is 106 Å². The van der Waals surface area contributed by atoms with Gasteiger partial charge in [-0.1, -0.05) is 12.8 Å². The first-order chi connectivity index (χ1) is 8.76. The van der Waals surface area contributed by atoms with Crippen molar-refractivity contribution in [2.45, 2.75) is 31.7 Å². The van der Waals surface area contributed by atoms with Crippen LogP contribution in [-0.2, 0) is 0 Å². The number of hydrogen-bond donors (Lipinski definition) is 3. The van der Waals surface area contributed by atoms with Crippen molar-refractivity contribution in [2.24, 2.45) is 11.7 Å².